The predicted molar refractivity (Wildman–Crippen MR) is 64.1 cm³/mol. The third-order valence-corrected chi connectivity index (χ3v) is 3.22. The summed E-state index contributed by atoms with van der Waals surface area (Å²) in [4.78, 5) is 2.38. The van der Waals surface area contributed by atoms with Gasteiger partial charge in [-0.15, -0.1) is 0 Å². The molecule has 16 heavy (non-hydrogen) atoms. The molecule has 1 aliphatic heterocycles. The van der Waals surface area contributed by atoms with Crippen molar-refractivity contribution in [3.63, 3.8) is 0 Å². The van der Waals surface area contributed by atoms with Gasteiger partial charge in [-0.2, -0.15) is 5.26 Å². The van der Waals surface area contributed by atoms with E-state index >= 15 is 0 Å². The van der Waals surface area contributed by atoms with Gasteiger partial charge in [0.15, 0.2) is 0 Å². The first kappa shape index (κ1) is 13.4. The topological polar surface area (TPSA) is 48.3 Å². The van der Waals surface area contributed by atoms with Gasteiger partial charge in [0, 0.05) is 19.6 Å². The predicted octanol–water partition coefficient (Wildman–Crippen LogP) is 0.987. The zero-order valence-corrected chi connectivity index (χ0v) is 10.8. The third-order valence-electron chi connectivity index (χ3n) is 3.22. The molecule has 0 aromatic carbocycles. The second-order valence-corrected chi connectivity index (χ2v) is 4.96. The van der Waals surface area contributed by atoms with E-state index in [4.69, 9.17) is 10.00 Å². The second kappa shape index (κ2) is 5.62. The SMILES string of the molecule is CNC(C)(C#N)CCN1CC(C)OC(C)C1. The van der Waals surface area contributed by atoms with Crippen molar-refractivity contribution in [2.24, 2.45) is 0 Å². The summed E-state index contributed by atoms with van der Waals surface area (Å²) in [5.74, 6) is 0. The number of rotatable bonds is 4. The number of ether oxygens (including phenoxy) is 1. The van der Waals surface area contributed by atoms with Crippen molar-refractivity contribution in [1.82, 2.24) is 10.2 Å². The highest BCUT2D eigenvalue weighted by Crippen LogP contribution is 2.14. The summed E-state index contributed by atoms with van der Waals surface area (Å²) < 4.78 is 5.68. The van der Waals surface area contributed by atoms with Crippen molar-refractivity contribution >= 4 is 0 Å². The molecule has 0 aromatic rings. The summed E-state index contributed by atoms with van der Waals surface area (Å²) in [6, 6.07) is 2.32. The van der Waals surface area contributed by atoms with Crippen LogP contribution in [0.1, 0.15) is 27.2 Å². The van der Waals surface area contributed by atoms with E-state index in [1.165, 1.54) is 0 Å². The Labute approximate surface area is 98.6 Å². The molecule has 1 saturated heterocycles. The minimum absolute atomic E-state index is 0.298. The minimum Gasteiger partial charge on any atom is -0.373 e. The quantitative estimate of drug-likeness (QED) is 0.775. The molecule has 0 radical (unpaired) electrons. The zero-order valence-electron chi connectivity index (χ0n) is 10.8. The lowest BCUT2D eigenvalue weighted by Gasteiger charge is -2.36. The molecule has 4 heteroatoms. The molecular weight excluding hydrogens is 202 g/mol. The van der Waals surface area contributed by atoms with Crippen LogP contribution in [0, 0.1) is 11.3 Å². The van der Waals surface area contributed by atoms with Gasteiger partial charge in [-0.3, -0.25) is 4.90 Å². The molecule has 3 unspecified atom stereocenters. The molecule has 1 heterocycles. The van der Waals surface area contributed by atoms with E-state index in [-0.39, 0.29) is 0 Å². The maximum absolute atomic E-state index is 9.06. The number of nitriles is 1. The lowest BCUT2D eigenvalue weighted by molar-refractivity contribution is -0.0689. The first-order chi connectivity index (χ1) is 7.49. The van der Waals surface area contributed by atoms with Crippen molar-refractivity contribution in [3.8, 4) is 6.07 Å². The van der Waals surface area contributed by atoms with E-state index in [1.54, 1.807) is 0 Å². The van der Waals surface area contributed by atoms with Crippen LogP contribution in [0.4, 0.5) is 0 Å². The maximum atomic E-state index is 9.06. The largest absolute Gasteiger partial charge is 0.373 e. The number of nitrogens with one attached hydrogen (secondary N) is 1. The van der Waals surface area contributed by atoms with Crippen LogP contribution in [0.15, 0.2) is 0 Å². The fourth-order valence-electron chi connectivity index (χ4n) is 2.09. The van der Waals surface area contributed by atoms with E-state index in [0.29, 0.717) is 12.2 Å². The Morgan fingerprint density at radius 1 is 1.44 bits per heavy atom. The molecule has 0 bridgehead atoms. The number of hydrogen-bond donors (Lipinski definition) is 1. The molecule has 1 rings (SSSR count). The van der Waals surface area contributed by atoms with Gasteiger partial charge >= 0.3 is 0 Å². The third kappa shape index (κ3) is 3.75. The molecule has 0 amide bonds. The van der Waals surface area contributed by atoms with E-state index < -0.39 is 5.54 Å². The van der Waals surface area contributed by atoms with Crippen molar-refractivity contribution < 1.29 is 4.74 Å². The molecule has 3 atom stereocenters. The van der Waals surface area contributed by atoms with Crippen LogP contribution in [0.3, 0.4) is 0 Å². The summed E-state index contributed by atoms with van der Waals surface area (Å²) in [7, 11) is 1.84. The average Bonchev–Trinajstić information content (AvgIpc) is 2.25. The highest BCUT2D eigenvalue weighted by atomic mass is 16.5. The minimum atomic E-state index is -0.412. The highest BCUT2D eigenvalue weighted by molar-refractivity contribution is 5.03. The Hall–Kier alpha value is -0.630. The van der Waals surface area contributed by atoms with Crippen LogP contribution < -0.4 is 5.32 Å². The normalized spacial score (nSPS) is 30.7. The first-order valence-electron chi connectivity index (χ1n) is 5.97. The van der Waals surface area contributed by atoms with E-state index in [1.807, 2.05) is 14.0 Å². The number of morpholine rings is 1. The highest BCUT2D eigenvalue weighted by Gasteiger charge is 2.26. The Morgan fingerprint density at radius 3 is 2.44 bits per heavy atom. The molecule has 1 N–H and O–H groups in total. The Kier molecular flexibility index (Phi) is 4.72. The molecule has 1 aliphatic rings. The van der Waals surface area contributed by atoms with Gasteiger partial charge in [0.2, 0.25) is 0 Å². The maximum Gasteiger partial charge on any atom is 0.104 e. The number of hydrogen-bond acceptors (Lipinski definition) is 4. The van der Waals surface area contributed by atoms with Crippen molar-refractivity contribution in [2.75, 3.05) is 26.7 Å². The molecule has 1 fully saturated rings. The molecule has 0 aromatic heterocycles. The summed E-state index contributed by atoms with van der Waals surface area (Å²) in [5, 5.41) is 12.1. The Morgan fingerprint density at radius 2 is 2.00 bits per heavy atom. The van der Waals surface area contributed by atoms with Gasteiger partial charge < -0.3 is 10.1 Å². The Balaban J connectivity index is 2.40. The van der Waals surface area contributed by atoms with Crippen molar-refractivity contribution in [1.29, 1.82) is 5.26 Å². The van der Waals surface area contributed by atoms with Crippen LogP contribution in [-0.4, -0.2) is 49.3 Å². The lowest BCUT2D eigenvalue weighted by atomic mass is 9.99. The molecule has 4 nitrogen and oxygen atoms in total. The summed E-state index contributed by atoms with van der Waals surface area (Å²) in [5.41, 5.74) is -0.412. The first-order valence-corrected chi connectivity index (χ1v) is 5.97. The summed E-state index contributed by atoms with van der Waals surface area (Å²) >= 11 is 0. The monoisotopic (exact) mass is 225 g/mol. The number of nitrogens with zero attached hydrogens (tertiary/aromatic N) is 2. The van der Waals surface area contributed by atoms with Gasteiger partial charge in [0.05, 0.1) is 18.3 Å². The van der Waals surface area contributed by atoms with E-state index in [0.717, 1.165) is 26.1 Å². The lowest BCUT2D eigenvalue weighted by Crippen LogP contribution is -2.48. The summed E-state index contributed by atoms with van der Waals surface area (Å²) in [6.07, 6.45) is 1.44. The van der Waals surface area contributed by atoms with Gasteiger partial charge in [-0.25, -0.2) is 0 Å². The van der Waals surface area contributed by atoms with E-state index in [2.05, 4.69) is 30.1 Å². The Bertz CT molecular complexity index is 253. The molecule has 0 aliphatic carbocycles. The molecular formula is C12H23N3O. The molecule has 92 valence electrons. The van der Waals surface area contributed by atoms with Gasteiger partial charge in [0.1, 0.15) is 5.54 Å². The van der Waals surface area contributed by atoms with Crippen molar-refractivity contribution in [3.05, 3.63) is 0 Å². The fourth-order valence-corrected chi connectivity index (χ4v) is 2.09. The van der Waals surface area contributed by atoms with Crippen LogP contribution in [0.5, 0.6) is 0 Å². The second-order valence-electron chi connectivity index (χ2n) is 4.96. The zero-order chi connectivity index (χ0) is 12.2. The van der Waals surface area contributed by atoms with Crippen LogP contribution >= 0.6 is 0 Å². The van der Waals surface area contributed by atoms with Crippen molar-refractivity contribution in [2.45, 2.75) is 44.9 Å². The molecule has 0 spiro atoms. The fraction of sp³-hybridized carbons (Fsp3) is 0.917. The van der Waals surface area contributed by atoms with Crippen LogP contribution in [0.2, 0.25) is 0 Å². The van der Waals surface area contributed by atoms with Gasteiger partial charge in [-0.1, -0.05) is 0 Å². The van der Waals surface area contributed by atoms with Crippen LogP contribution in [-0.2, 0) is 4.74 Å². The average molecular weight is 225 g/mol. The molecule has 0 saturated carbocycles. The van der Waals surface area contributed by atoms with Crippen LogP contribution in [0.25, 0.3) is 0 Å². The smallest absolute Gasteiger partial charge is 0.104 e. The summed E-state index contributed by atoms with van der Waals surface area (Å²) in [6.45, 7) is 9.03. The van der Waals surface area contributed by atoms with Gasteiger partial charge in [-0.05, 0) is 34.2 Å². The van der Waals surface area contributed by atoms with E-state index in [9.17, 15) is 0 Å². The van der Waals surface area contributed by atoms with Gasteiger partial charge in [0.25, 0.3) is 0 Å². The standard InChI is InChI=1S/C12H23N3O/c1-10-7-15(8-11(2)16-10)6-5-12(3,9-13)14-4/h10-11,14H,5-8H2,1-4H3.